The number of hydrogen-bond donors (Lipinski definition) is 2. The first kappa shape index (κ1) is 15.5. The van der Waals surface area contributed by atoms with E-state index in [9.17, 15) is 13.5 Å². The van der Waals surface area contributed by atoms with Gasteiger partial charge in [-0.05, 0) is 31.0 Å². The Labute approximate surface area is 124 Å². The first-order valence-electron chi connectivity index (χ1n) is 6.71. The number of nitrogens with one attached hydrogen (secondary N) is 1. The van der Waals surface area contributed by atoms with Gasteiger partial charge in [0.2, 0.25) is 0 Å². The molecule has 2 aromatic rings. The molecule has 21 heavy (non-hydrogen) atoms. The largest absolute Gasteiger partial charge is 0.390 e. The van der Waals surface area contributed by atoms with E-state index in [2.05, 4.69) is 9.71 Å². The predicted molar refractivity (Wildman–Crippen MR) is 80.4 cm³/mol. The Hall–Kier alpha value is -1.86. The van der Waals surface area contributed by atoms with Crippen molar-refractivity contribution in [2.24, 2.45) is 0 Å². The molecule has 2 aromatic heterocycles. The lowest BCUT2D eigenvalue weighted by Crippen LogP contribution is -2.13. The number of aryl methyl sites for hydroxylation is 2. The molecule has 0 aliphatic rings. The third-order valence-corrected chi connectivity index (χ3v) is 4.51. The van der Waals surface area contributed by atoms with Crippen molar-refractivity contribution in [3.63, 3.8) is 0 Å². The van der Waals surface area contributed by atoms with Crippen LogP contribution in [0, 0.1) is 6.92 Å². The van der Waals surface area contributed by atoms with E-state index in [1.807, 2.05) is 6.92 Å². The minimum atomic E-state index is -3.69. The molecule has 0 bridgehead atoms. The highest BCUT2D eigenvalue weighted by Gasteiger charge is 2.19. The van der Waals surface area contributed by atoms with Crippen molar-refractivity contribution in [3.8, 4) is 0 Å². The average Bonchev–Trinajstić information content (AvgIpc) is 2.86. The third kappa shape index (κ3) is 3.43. The first-order chi connectivity index (χ1) is 9.97. The Bertz CT molecular complexity index is 723. The molecule has 0 saturated carbocycles. The molecule has 0 aromatic carbocycles. The summed E-state index contributed by atoms with van der Waals surface area (Å²) in [6.07, 6.45) is 5.48. The number of aliphatic hydroxyl groups excluding tert-OH is 1. The van der Waals surface area contributed by atoms with Crippen molar-refractivity contribution in [3.05, 3.63) is 42.0 Å². The highest BCUT2D eigenvalue weighted by Crippen LogP contribution is 2.20. The lowest BCUT2D eigenvalue weighted by atomic mass is 10.3. The molecule has 6 nitrogen and oxygen atoms in total. The second kappa shape index (κ2) is 6.28. The van der Waals surface area contributed by atoms with Crippen LogP contribution in [-0.4, -0.2) is 23.1 Å². The monoisotopic (exact) mass is 309 g/mol. The molecule has 0 amide bonds. The Balaban J connectivity index is 2.34. The van der Waals surface area contributed by atoms with Crippen molar-refractivity contribution in [2.45, 2.75) is 38.3 Å². The van der Waals surface area contributed by atoms with Gasteiger partial charge in [-0.3, -0.25) is 9.71 Å². The highest BCUT2D eigenvalue weighted by molar-refractivity contribution is 7.92. The van der Waals surface area contributed by atoms with Crippen molar-refractivity contribution in [1.82, 2.24) is 9.55 Å². The van der Waals surface area contributed by atoms with E-state index in [-0.39, 0.29) is 11.5 Å². The quantitative estimate of drug-likeness (QED) is 0.853. The minimum Gasteiger partial charge on any atom is -0.390 e. The van der Waals surface area contributed by atoms with Crippen LogP contribution in [0.1, 0.15) is 24.6 Å². The second-order valence-electron chi connectivity index (χ2n) is 4.81. The molecule has 2 rings (SSSR count). The van der Waals surface area contributed by atoms with E-state index in [0.29, 0.717) is 17.9 Å². The fraction of sp³-hybridized carbons (Fsp3) is 0.357. The van der Waals surface area contributed by atoms with Crippen LogP contribution in [0.5, 0.6) is 0 Å². The van der Waals surface area contributed by atoms with Gasteiger partial charge in [-0.1, -0.05) is 6.92 Å². The van der Waals surface area contributed by atoms with Gasteiger partial charge in [0.25, 0.3) is 10.0 Å². The van der Waals surface area contributed by atoms with Crippen molar-refractivity contribution >= 4 is 15.7 Å². The molecule has 114 valence electrons. The maximum atomic E-state index is 12.4. The molecule has 0 fully saturated rings. The van der Waals surface area contributed by atoms with E-state index in [1.54, 1.807) is 30.0 Å². The molecule has 7 heteroatoms. The summed E-state index contributed by atoms with van der Waals surface area (Å²) < 4.78 is 29.1. The Morgan fingerprint density at radius 3 is 2.81 bits per heavy atom. The van der Waals surface area contributed by atoms with Gasteiger partial charge < -0.3 is 9.67 Å². The van der Waals surface area contributed by atoms with E-state index in [1.165, 1.54) is 12.3 Å². The molecule has 2 N–H and O–H groups in total. The van der Waals surface area contributed by atoms with Crippen LogP contribution in [0.2, 0.25) is 0 Å². The van der Waals surface area contributed by atoms with Crippen molar-refractivity contribution in [2.75, 3.05) is 4.72 Å². The van der Waals surface area contributed by atoms with Crippen LogP contribution in [0.15, 0.2) is 35.6 Å². The van der Waals surface area contributed by atoms with E-state index >= 15 is 0 Å². The van der Waals surface area contributed by atoms with E-state index in [0.717, 1.165) is 12.0 Å². The average molecular weight is 309 g/mol. The SMILES string of the molecule is CCCn1cc(S(=O)(=O)Nc2cnccc2C)cc1CO. The predicted octanol–water partition coefficient (Wildman–Crippen LogP) is 1.89. The maximum Gasteiger partial charge on any atom is 0.263 e. The number of nitrogens with zero attached hydrogens (tertiary/aromatic N) is 2. The van der Waals surface area contributed by atoms with Gasteiger partial charge in [0.1, 0.15) is 4.90 Å². The molecule has 0 aliphatic carbocycles. The summed E-state index contributed by atoms with van der Waals surface area (Å²) in [5.74, 6) is 0. The minimum absolute atomic E-state index is 0.142. The number of aromatic nitrogens is 2. The molecular weight excluding hydrogens is 290 g/mol. The topological polar surface area (TPSA) is 84.2 Å². The fourth-order valence-electron chi connectivity index (χ4n) is 2.03. The molecule has 0 aliphatic heterocycles. The zero-order valence-corrected chi connectivity index (χ0v) is 12.9. The summed E-state index contributed by atoms with van der Waals surface area (Å²) in [6.45, 7) is 4.27. The van der Waals surface area contributed by atoms with Crippen LogP contribution in [0.4, 0.5) is 5.69 Å². The van der Waals surface area contributed by atoms with Gasteiger partial charge in [0.05, 0.1) is 18.5 Å². The second-order valence-corrected chi connectivity index (χ2v) is 6.50. The number of sulfonamides is 1. The van der Waals surface area contributed by atoms with Crippen molar-refractivity contribution in [1.29, 1.82) is 0 Å². The Morgan fingerprint density at radius 1 is 1.43 bits per heavy atom. The number of hydrogen-bond acceptors (Lipinski definition) is 4. The van der Waals surface area contributed by atoms with Crippen molar-refractivity contribution < 1.29 is 13.5 Å². The Kier molecular flexibility index (Phi) is 4.64. The highest BCUT2D eigenvalue weighted by atomic mass is 32.2. The van der Waals surface area contributed by atoms with Gasteiger partial charge in [0, 0.05) is 24.6 Å². The van der Waals surface area contributed by atoms with Gasteiger partial charge in [-0.25, -0.2) is 8.42 Å². The van der Waals surface area contributed by atoms with E-state index in [4.69, 9.17) is 0 Å². The van der Waals surface area contributed by atoms with Crippen LogP contribution in [0.25, 0.3) is 0 Å². The molecule has 0 atom stereocenters. The lowest BCUT2D eigenvalue weighted by Gasteiger charge is -2.08. The zero-order valence-electron chi connectivity index (χ0n) is 12.1. The van der Waals surface area contributed by atoms with Gasteiger partial charge >= 0.3 is 0 Å². The first-order valence-corrected chi connectivity index (χ1v) is 8.19. The smallest absolute Gasteiger partial charge is 0.263 e. The summed E-state index contributed by atoms with van der Waals surface area (Å²) in [5.41, 5.74) is 1.83. The zero-order chi connectivity index (χ0) is 15.5. The molecule has 0 saturated heterocycles. The molecule has 2 heterocycles. The van der Waals surface area contributed by atoms with E-state index < -0.39 is 10.0 Å². The number of anilines is 1. The number of rotatable bonds is 6. The molecule has 0 spiro atoms. The molecular formula is C14H19N3O3S. The van der Waals surface area contributed by atoms with Gasteiger partial charge in [-0.2, -0.15) is 0 Å². The third-order valence-electron chi connectivity index (χ3n) is 3.18. The van der Waals surface area contributed by atoms with Crippen LogP contribution in [-0.2, 0) is 23.2 Å². The summed E-state index contributed by atoms with van der Waals surface area (Å²) in [4.78, 5) is 4.06. The Morgan fingerprint density at radius 2 is 2.19 bits per heavy atom. The number of pyridine rings is 1. The normalized spacial score (nSPS) is 11.6. The lowest BCUT2D eigenvalue weighted by molar-refractivity contribution is 0.270. The van der Waals surface area contributed by atoms with Gasteiger partial charge in [0.15, 0.2) is 0 Å². The molecule has 0 radical (unpaired) electrons. The summed E-state index contributed by atoms with van der Waals surface area (Å²) in [5, 5.41) is 9.31. The fourth-order valence-corrected chi connectivity index (χ4v) is 3.21. The molecule has 0 unspecified atom stereocenters. The number of aliphatic hydroxyl groups is 1. The van der Waals surface area contributed by atoms with Crippen LogP contribution < -0.4 is 4.72 Å². The summed E-state index contributed by atoms with van der Waals surface area (Å²) in [7, 11) is -3.69. The van der Waals surface area contributed by atoms with Crippen LogP contribution >= 0.6 is 0 Å². The summed E-state index contributed by atoms with van der Waals surface area (Å²) in [6, 6.07) is 3.23. The summed E-state index contributed by atoms with van der Waals surface area (Å²) >= 11 is 0. The van der Waals surface area contributed by atoms with Crippen LogP contribution in [0.3, 0.4) is 0 Å². The maximum absolute atomic E-state index is 12.4. The standard InChI is InChI=1S/C14H19N3O3S/c1-3-6-17-9-13(7-12(17)10-18)21(19,20)16-14-8-15-5-4-11(14)2/h4-5,7-9,16,18H,3,6,10H2,1-2H3. The van der Waals surface area contributed by atoms with Gasteiger partial charge in [-0.15, -0.1) is 0 Å².